The molecule has 0 saturated heterocycles. The number of alkyl halides is 6. The van der Waals surface area contributed by atoms with Gasteiger partial charge >= 0.3 is 12.4 Å². The summed E-state index contributed by atoms with van der Waals surface area (Å²) in [5.74, 6) is 6.71. The van der Waals surface area contributed by atoms with Crippen LogP contribution in [-0.4, -0.2) is 17.4 Å². The van der Waals surface area contributed by atoms with Crippen LogP contribution in [0.3, 0.4) is 0 Å². The molecule has 8 bridgehead atoms. The summed E-state index contributed by atoms with van der Waals surface area (Å²) < 4.78 is 94.1. The molecule has 1 nitrogen and oxygen atoms in total. The summed E-state index contributed by atoms with van der Waals surface area (Å²) in [6, 6.07) is 9.17. The number of hydrogen-bond donors (Lipinski definition) is 0. The van der Waals surface area contributed by atoms with Crippen LogP contribution in [0.4, 0.5) is 26.3 Å². The van der Waals surface area contributed by atoms with E-state index in [1.54, 1.807) is 0 Å². The summed E-state index contributed by atoms with van der Waals surface area (Å²) in [7, 11) is 0.506. The van der Waals surface area contributed by atoms with Gasteiger partial charge in [-0.05, 0) is 160 Å². The molecule has 2 aromatic carbocycles. The monoisotopic (exact) mass is 949 g/mol. The van der Waals surface area contributed by atoms with E-state index in [0.29, 0.717) is 6.07 Å². The molecule has 11 rings (SSSR count). The normalized spacial score (nSPS) is 37.4. The Morgan fingerprint density at radius 3 is 1.42 bits per heavy atom. The van der Waals surface area contributed by atoms with Gasteiger partial charge in [-0.15, -0.1) is 11.6 Å². The van der Waals surface area contributed by atoms with Gasteiger partial charge in [-0.25, -0.2) is 0 Å². The first-order valence-corrected chi connectivity index (χ1v) is 24.5. The molecular formula is C51H70F6OPPd-. The molecule has 0 radical (unpaired) electrons. The van der Waals surface area contributed by atoms with Gasteiger partial charge in [0.05, 0.1) is 28.5 Å². The van der Waals surface area contributed by atoms with Crippen molar-refractivity contribution in [1.29, 1.82) is 0 Å². The predicted octanol–water partition coefficient (Wildman–Crippen LogP) is 14.9. The fourth-order valence-corrected chi connectivity index (χ4v) is 22.6. The topological polar surface area (TPSA) is 9.23 Å². The standard InChI is InChI=1S/C50H66F6OP.CH3.Pd/c1-27(2)40-20-41(28(3)4)45(43(29(5)6)44(40)36-17-37(49(51,52)53)19-38(18-36)50(54,55)56)39-9-8-10-42(57-7)46(39)58(47-21-30-11-31(22-47)13-32(12-30)23-47)48-24-33-14-34(25-48)16-35(15-33)26-48;;/h8-10,17-19,27-35,40-41,43-44H,11-16,20-26H2,1-7H3;1H3;/q2*-1;/p+1/t30?,31?,32?,33?,34?,35?,40-,41?,43?,44?,47?,48?,58?;;/m0../s1. The van der Waals surface area contributed by atoms with Crippen LogP contribution in [0.1, 0.15) is 153 Å². The summed E-state index contributed by atoms with van der Waals surface area (Å²) in [5, 5.41) is 2.03. The summed E-state index contributed by atoms with van der Waals surface area (Å²) in [5.41, 5.74) is -0.944. The van der Waals surface area contributed by atoms with Crippen molar-refractivity contribution in [3.05, 3.63) is 72.0 Å². The molecule has 9 aliphatic rings. The van der Waals surface area contributed by atoms with Crippen LogP contribution in [0.15, 0.2) is 36.4 Å². The van der Waals surface area contributed by atoms with Crippen LogP contribution in [0.25, 0.3) is 0 Å². The molecule has 4 atom stereocenters. The Bertz CT molecular complexity index is 1700. The Morgan fingerprint density at radius 1 is 0.633 bits per heavy atom. The third-order valence-corrected chi connectivity index (χ3v) is 21.8. The molecule has 0 heterocycles. The Balaban J connectivity index is 0.00000272. The van der Waals surface area contributed by atoms with Crippen LogP contribution in [0.5, 0.6) is 5.75 Å². The minimum absolute atomic E-state index is 0. The van der Waals surface area contributed by atoms with Gasteiger partial charge in [0, 0.05) is 33.6 Å². The molecule has 3 unspecified atom stereocenters. The third kappa shape index (κ3) is 7.98. The summed E-state index contributed by atoms with van der Waals surface area (Å²) in [4.78, 5) is 0. The van der Waals surface area contributed by atoms with Crippen molar-refractivity contribution in [2.45, 2.75) is 154 Å². The minimum Gasteiger partial charge on any atom is -0.506 e. The van der Waals surface area contributed by atoms with Crippen LogP contribution >= 0.6 is 7.92 Å². The summed E-state index contributed by atoms with van der Waals surface area (Å²) in [6.07, 6.45) is 7.18. The molecule has 338 valence electrons. The number of benzene rings is 2. The zero-order chi connectivity index (χ0) is 41.3. The predicted molar refractivity (Wildman–Crippen MR) is 230 cm³/mol. The number of ether oxygens (including phenoxy) is 1. The van der Waals surface area contributed by atoms with E-state index in [4.69, 9.17) is 4.74 Å². The van der Waals surface area contributed by atoms with Crippen LogP contribution in [0, 0.1) is 84.4 Å². The molecular weight excluding hydrogens is 880 g/mol. The fourth-order valence-electron chi connectivity index (χ4n) is 16.5. The van der Waals surface area contributed by atoms with Gasteiger partial charge in [0.25, 0.3) is 0 Å². The molecule has 60 heavy (non-hydrogen) atoms. The van der Waals surface area contributed by atoms with Crippen LogP contribution < -0.4 is 10.0 Å². The van der Waals surface area contributed by atoms with Crippen molar-refractivity contribution in [1.82, 2.24) is 0 Å². The van der Waals surface area contributed by atoms with E-state index in [-0.39, 0.29) is 79.2 Å². The molecule has 0 aromatic heterocycles. The Kier molecular flexibility index (Phi) is 13.0. The quantitative estimate of drug-likeness (QED) is 0.105. The zero-order valence-corrected chi connectivity index (χ0v) is 39.7. The van der Waals surface area contributed by atoms with Crippen molar-refractivity contribution < 1.29 is 51.5 Å². The molecule has 9 heteroatoms. The van der Waals surface area contributed by atoms with E-state index in [0.717, 1.165) is 59.8 Å². The molecule has 0 spiro atoms. The summed E-state index contributed by atoms with van der Waals surface area (Å²) >= 11 is 0. The van der Waals surface area contributed by atoms with E-state index in [1.165, 1.54) is 93.8 Å². The first-order chi connectivity index (χ1) is 27.3. The molecule has 0 amide bonds. The maximum absolute atomic E-state index is 14.6. The largest absolute Gasteiger partial charge is 0.506 e. The first kappa shape index (κ1) is 46.8. The Labute approximate surface area is 372 Å². The molecule has 2 aromatic rings. The van der Waals surface area contributed by atoms with Crippen molar-refractivity contribution in [3.8, 4) is 5.75 Å². The minimum atomic E-state index is -4.90. The Hall–Kier alpha value is -1.22. The van der Waals surface area contributed by atoms with Crippen molar-refractivity contribution in [2.75, 3.05) is 7.11 Å². The van der Waals surface area contributed by atoms with Crippen LogP contribution in [-0.2, 0) is 32.8 Å². The number of methoxy groups -OCH3 is 1. The van der Waals surface area contributed by atoms with Gasteiger partial charge < -0.3 is 12.2 Å². The number of hydrogen-bond acceptors (Lipinski definition) is 1. The van der Waals surface area contributed by atoms with Crippen LogP contribution in [0.2, 0.25) is 0 Å². The van der Waals surface area contributed by atoms with Gasteiger partial charge in [0.1, 0.15) is 5.75 Å². The molecule has 0 N–H and O–H groups in total. The van der Waals surface area contributed by atoms with Gasteiger partial charge in [-0.3, -0.25) is 0 Å². The van der Waals surface area contributed by atoms with Gasteiger partial charge in [0.2, 0.25) is 0 Å². The second-order valence-electron chi connectivity index (χ2n) is 22.2. The van der Waals surface area contributed by atoms with Crippen molar-refractivity contribution >= 4 is 13.2 Å². The molecule has 9 saturated carbocycles. The second-order valence-corrected chi connectivity index (χ2v) is 25.6. The first-order valence-electron chi connectivity index (χ1n) is 23.0. The average molecular weight is 951 g/mol. The van der Waals surface area contributed by atoms with Gasteiger partial charge in [0.15, 0.2) is 0 Å². The SMILES string of the molecule is COc1cccc([C-]2C(C(C)C)C[C@@H](C(C)C)C(c3cc(C(F)(F)F)cc(C(F)(F)F)c3)C2C(C)C)c1[PH+](C12CC3CC(CC(C3)C1)C2)C12CC3CC(CC(C3)C1)C2.[CH3-].[Pd]. The number of rotatable bonds is 9. The molecule has 9 fully saturated rings. The van der Waals surface area contributed by atoms with Gasteiger partial charge in [-0.1, -0.05) is 71.6 Å². The smallest absolute Gasteiger partial charge is 0.416 e. The zero-order valence-electron chi connectivity index (χ0n) is 37.2. The maximum Gasteiger partial charge on any atom is 0.416 e. The second kappa shape index (κ2) is 16.6. The van der Waals surface area contributed by atoms with E-state index < -0.39 is 37.3 Å². The maximum atomic E-state index is 14.6. The fraction of sp³-hybridized carbons (Fsp3) is 0.725. The van der Waals surface area contributed by atoms with Crippen molar-refractivity contribution in [3.63, 3.8) is 0 Å². The molecule has 0 aliphatic heterocycles. The van der Waals surface area contributed by atoms with E-state index in [9.17, 15) is 26.3 Å². The van der Waals surface area contributed by atoms with E-state index in [2.05, 4.69) is 59.7 Å². The van der Waals surface area contributed by atoms with Crippen molar-refractivity contribution in [2.24, 2.45) is 71.0 Å². The van der Waals surface area contributed by atoms with E-state index in [1.807, 2.05) is 7.11 Å². The summed E-state index contributed by atoms with van der Waals surface area (Å²) in [6.45, 7) is 13.1. The molecule has 9 aliphatic carbocycles. The Morgan fingerprint density at radius 2 is 1.07 bits per heavy atom. The van der Waals surface area contributed by atoms with Gasteiger partial charge in [-0.2, -0.15) is 38.3 Å². The van der Waals surface area contributed by atoms with E-state index >= 15 is 0 Å². The average Bonchev–Trinajstić information content (AvgIpc) is 3.11. The third-order valence-electron chi connectivity index (χ3n) is 17.5. The number of halogens is 6.